The second-order valence-electron chi connectivity index (χ2n) is 4.53. The molecular weight excluding hydrogens is 357 g/mol. The molecule has 0 aliphatic carbocycles. The standard InChI is InChI=1S/C14H8F5NO3S/c15-10-5-2-6-11(16)12(10)13(20-21)24(22,23)9-4-1-3-8(7-9)14(17,18)19/h1-7,21H. The SMILES string of the molecule is O=S(=O)(C(=NO)c1c(F)cccc1F)c1cccc(C(F)(F)F)c1. The molecule has 0 spiro atoms. The van der Waals surface area contributed by atoms with Crippen molar-refractivity contribution in [1.82, 2.24) is 0 Å². The summed E-state index contributed by atoms with van der Waals surface area (Å²) in [6, 6.07) is 4.87. The van der Waals surface area contributed by atoms with Crippen LogP contribution in [0.25, 0.3) is 0 Å². The van der Waals surface area contributed by atoms with E-state index >= 15 is 0 Å². The lowest BCUT2D eigenvalue weighted by molar-refractivity contribution is -0.137. The molecule has 0 aliphatic rings. The molecule has 24 heavy (non-hydrogen) atoms. The molecule has 0 fully saturated rings. The van der Waals surface area contributed by atoms with E-state index in [4.69, 9.17) is 5.21 Å². The van der Waals surface area contributed by atoms with Gasteiger partial charge in [-0.05, 0) is 30.3 Å². The summed E-state index contributed by atoms with van der Waals surface area (Å²) in [5, 5.41) is 9.86. The van der Waals surface area contributed by atoms with Gasteiger partial charge in [0.2, 0.25) is 14.9 Å². The van der Waals surface area contributed by atoms with Gasteiger partial charge in [-0.25, -0.2) is 17.2 Å². The molecule has 0 saturated heterocycles. The molecule has 2 aromatic rings. The van der Waals surface area contributed by atoms with Crippen molar-refractivity contribution < 1.29 is 35.6 Å². The predicted octanol–water partition coefficient (Wildman–Crippen LogP) is 3.59. The van der Waals surface area contributed by atoms with Crippen LogP contribution >= 0.6 is 0 Å². The van der Waals surface area contributed by atoms with Crippen LogP contribution in [0.1, 0.15) is 11.1 Å². The van der Waals surface area contributed by atoms with E-state index in [0.717, 1.165) is 18.2 Å². The maximum atomic E-state index is 13.7. The highest BCUT2D eigenvalue weighted by molar-refractivity contribution is 8.07. The van der Waals surface area contributed by atoms with Gasteiger partial charge < -0.3 is 5.21 Å². The van der Waals surface area contributed by atoms with Gasteiger partial charge in [0.1, 0.15) is 11.6 Å². The summed E-state index contributed by atoms with van der Waals surface area (Å²) in [5.74, 6) is -2.70. The van der Waals surface area contributed by atoms with E-state index in [0.29, 0.717) is 18.2 Å². The van der Waals surface area contributed by atoms with E-state index in [9.17, 15) is 30.4 Å². The fourth-order valence-electron chi connectivity index (χ4n) is 1.89. The van der Waals surface area contributed by atoms with Gasteiger partial charge in [-0.15, -0.1) is 0 Å². The number of nitrogens with zero attached hydrogens (tertiary/aromatic N) is 1. The lowest BCUT2D eigenvalue weighted by Gasteiger charge is -2.11. The first-order valence-corrected chi connectivity index (χ1v) is 7.66. The van der Waals surface area contributed by atoms with Gasteiger partial charge in [-0.3, -0.25) is 0 Å². The van der Waals surface area contributed by atoms with Gasteiger partial charge in [-0.1, -0.05) is 17.3 Å². The molecule has 0 atom stereocenters. The highest BCUT2D eigenvalue weighted by Crippen LogP contribution is 2.31. The molecule has 0 radical (unpaired) electrons. The molecular formula is C14H8F5NO3S. The van der Waals surface area contributed by atoms with Gasteiger partial charge >= 0.3 is 6.18 Å². The van der Waals surface area contributed by atoms with E-state index in [1.54, 1.807) is 0 Å². The van der Waals surface area contributed by atoms with E-state index in [-0.39, 0.29) is 6.07 Å². The number of rotatable bonds is 2. The van der Waals surface area contributed by atoms with Gasteiger partial charge in [0, 0.05) is 0 Å². The van der Waals surface area contributed by atoms with E-state index in [2.05, 4.69) is 5.16 Å². The fourth-order valence-corrected chi connectivity index (χ4v) is 3.23. The van der Waals surface area contributed by atoms with Crippen molar-refractivity contribution in [3.8, 4) is 0 Å². The van der Waals surface area contributed by atoms with E-state index in [1.165, 1.54) is 0 Å². The normalized spacial score (nSPS) is 13.1. The molecule has 10 heteroatoms. The first-order valence-electron chi connectivity index (χ1n) is 6.18. The van der Waals surface area contributed by atoms with Crippen molar-refractivity contribution in [2.24, 2.45) is 5.16 Å². The second-order valence-corrected chi connectivity index (χ2v) is 6.40. The fraction of sp³-hybridized carbons (Fsp3) is 0.0714. The number of oxime groups is 1. The molecule has 0 aliphatic heterocycles. The molecule has 0 saturated carbocycles. The topological polar surface area (TPSA) is 66.7 Å². The third kappa shape index (κ3) is 3.23. The van der Waals surface area contributed by atoms with Crippen molar-refractivity contribution in [2.45, 2.75) is 11.1 Å². The maximum Gasteiger partial charge on any atom is 0.416 e. The van der Waals surface area contributed by atoms with Crippen molar-refractivity contribution >= 4 is 14.9 Å². The number of hydrogen-bond acceptors (Lipinski definition) is 4. The zero-order valence-corrected chi connectivity index (χ0v) is 12.4. The molecule has 128 valence electrons. The number of sulfone groups is 1. The molecule has 0 heterocycles. The van der Waals surface area contributed by atoms with E-state index in [1.807, 2.05) is 0 Å². The van der Waals surface area contributed by atoms with Gasteiger partial charge in [0.15, 0.2) is 0 Å². The predicted molar refractivity (Wildman–Crippen MR) is 73.3 cm³/mol. The van der Waals surface area contributed by atoms with Gasteiger partial charge in [0.05, 0.1) is 16.0 Å². The quantitative estimate of drug-likeness (QED) is 0.291. The highest BCUT2D eigenvalue weighted by Gasteiger charge is 2.34. The molecule has 0 amide bonds. The van der Waals surface area contributed by atoms with Crippen LogP contribution in [0, 0.1) is 11.6 Å². The lowest BCUT2D eigenvalue weighted by Crippen LogP contribution is -2.20. The van der Waals surface area contributed by atoms with Crippen molar-refractivity contribution in [3.63, 3.8) is 0 Å². The summed E-state index contributed by atoms with van der Waals surface area (Å²) in [6.45, 7) is 0. The minimum absolute atomic E-state index is 0.277. The zero-order valence-electron chi connectivity index (χ0n) is 11.6. The number of alkyl halides is 3. The Kier molecular flexibility index (Phi) is 4.61. The summed E-state index contributed by atoms with van der Waals surface area (Å²) < 4.78 is 90.3. The summed E-state index contributed by atoms with van der Waals surface area (Å²) in [6.07, 6.45) is -4.83. The van der Waals surface area contributed by atoms with Crippen LogP contribution in [0.2, 0.25) is 0 Å². The smallest absolute Gasteiger partial charge is 0.410 e. The Balaban J connectivity index is 2.66. The monoisotopic (exact) mass is 365 g/mol. The maximum absolute atomic E-state index is 13.7. The van der Waals surface area contributed by atoms with Crippen molar-refractivity contribution in [1.29, 1.82) is 0 Å². The number of hydrogen-bond donors (Lipinski definition) is 1. The number of halogens is 5. The third-order valence-electron chi connectivity index (χ3n) is 2.99. The van der Waals surface area contributed by atoms with Crippen LogP contribution in [0.3, 0.4) is 0 Å². The molecule has 1 N–H and O–H groups in total. The largest absolute Gasteiger partial charge is 0.416 e. The summed E-state index contributed by atoms with van der Waals surface area (Å²) in [5.41, 5.74) is -2.45. The van der Waals surface area contributed by atoms with E-state index < -0.39 is 48.7 Å². The molecule has 2 rings (SSSR count). The zero-order chi connectivity index (χ0) is 18.1. The van der Waals surface area contributed by atoms with Crippen LogP contribution in [0.15, 0.2) is 52.5 Å². The Hall–Kier alpha value is -2.49. The Morgan fingerprint density at radius 3 is 2.04 bits per heavy atom. The average Bonchev–Trinajstić information content (AvgIpc) is 2.50. The summed E-state index contributed by atoms with van der Waals surface area (Å²) >= 11 is 0. The Morgan fingerprint density at radius 1 is 1.00 bits per heavy atom. The Bertz CT molecular complexity index is 887. The van der Waals surface area contributed by atoms with Crippen LogP contribution in [0.5, 0.6) is 0 Å². The second kappa shape index (κ2) is 6.19. The van der Waals surface area contributed by atoms with Crippen molar-refractivity contribution in [2.75, 3.05) is 0 Å². The Labute approximate surface area is 132 Å². The summed E-state index contributed by atoms with van der Waals surface area (Å²) in [7, 11) is -4.91. The molecule has 2 aromatic carbocycles. The third-order valence-corrected chi connectivity index (χ3v) is 4.66. The van der Waals surface area contributed by atoms with Gasteiger partial charge in [0.25, 0.3) is 0 Å². The number of benzene rings is 2. The van der Waals surface area contributed by atoms with Crippen molar-refractivity contribution in [3.05, 3.63) is 65.2 Å². The lowest BCUT2D eigenvalue weighted by atomic mass is 10.2. The minimum atomic E-state index is -4.91. The first kappa shape index (κ1) is 17.9. The van der Waals surface area contributed by atoms with Crippen LogP contribution in [0.4, 0.5) is 22.0 Å². The highest BCUT2D eigenvalue weighted by atomic mass is 32.2. The van der Waals surface area contributed by atoms with Crippen LogP contribution in [-0.2, 0) is 16.0 Å². The van der Waals surface area contributed by atoms with Gasteiger partial charge in [-0.2, -0.15) is 13.2 Å². The first-order chi connectivity index (χ1) is 11.1. The van der Waals surface area contributed by atoms with Crippen LogP contribution in [-0.4, -0.2) is 18.7 Å². The Morgan fingerprint density at radius 2 is 1.54 bits per heavy atom. The molecule has 0 unspecified atom stereocenters. The average molecular weight is 365 g/mol. The molecule has 4 nitrogen and oxygen atoms in total. The van der Waals surface area contributed by atoms with Crippen LogP contribution < -0.4 is 0 Å². The molecule has 0 aromatic heterocycles. The minimum Gasteiger partial charge on any atom is -0.410 e. The molecule has 0 bridgehead atoms. The summed E-state index contributed by atoms with van der Waals surface area (Å²) in [4.78, 5) is -0.923.